The molecule has 1 fully saturated rings. The maximum atomic E-state index is 10.6. The molecule has 2 atom stereocenters. The van der Waals surface area contributed by atoms with Gasteiger partial charge in [-0.2, -0.15) is 0 Å². The van der Waals surface area contributed by atoms with E-state index in [4.69, 9.17) is 0 Å². The normalized spacial score (nSPS) is 36.2. The quantitative estimate of drug-likeness (QED) is 0.680. The fourth-order valence-corrected chi connectivity index (χ4v) is 3.02. The van der Waals surface area contributed by atoms with E-state index in [9.17, 15) is 5.11 Å². The minimum atomic E-state index is -0.572. The van der Waals surface area contributed by atoms with Crippen molar-refractivity contribution >= 4 is 5.96 Å². The van der Waals surface area contributed by atoms with Crippen LogP contribution in [0.25, 0.3) is 0 Å². The van der Waals surface area contributed by atoms with Crippen LogP contribution in [0, 0.1) is 5.41 Å². The summed E-state index contributed by atoms with van der Waals surface area (Å²) in [6.07, 6.45) is 4.09. The summed E-state index contributed by atoms with van der Waals surface area (Å²) in [6, 6.07) is 0.412. The molecule has 0 aromatic heterocycles. The summed E-state index contributed by atoms with van der Waals surface area (Å²) in [5.41, 5.74) is -0.315. The molecule has 1 saturated carbocycles. The molecule has 3 N–H and O–H groups in total. The largest absolute Gasteiger partial charge is 0.388 e. The first-order chi connectivity index (χ1) is 7.89. The van der Waals surface area contributed by atoms with Gasteiger partial charge in [0.05, 0.1) is 12.1 Å². The minimum absolute atomic E-state index is 0.257. The molecular formula is C13H25N3O. The fourth-order valence-electron chi connectivity index (χ4n) is 3.02. The molecule has 0 bridgehead atoms. The van der Waals surface area contributed by atoms with E-state index in [0.29, 0.717) is 12.6 Å². The predicted molar refractivity (Wildman–Crippen MR) is 70.1 cm³/mol. The Bertz CT molecular complexity index is 314. The molecular weight excluding hydrogens is 214 g/mol. The van der Waals surface area contributed by atoms with Crippen LogP contribution in [-0.2, 0) is 0 Å². The lowest BCUT2D eigenvalue weighted by atomic mass is 9.70. The van der Waals surface area contributed by atoms with Crippen molar-refractivity contribution in [2.75, 3.05) is 13.1 Å². The molecule has 2 unspecified atom stereocenters. The van der Waals surface area contributed by atoms with Crippen LogP contribution >= 0.6 is 0 Å². The van der Waals surface area contributed by atoms with Crippen molar-refractivity contribution < 1.29 is 5.11 Å². The smallest absolute Gasteiger partial charge is 0.191 e. The van der Waals surface area contributed by atoms with E-state index in [1.165, 1.54) is 6.42 Å². The highest BCUT2D eigenvalue weighted by atomic mass is 16.3. The Kier molecular flexibility index (Phi) is 3.34. The highest BCUT2D eigenvalue weighted by Gasteiger charge is 2.38. The Labute approximate surface area is 104 Å². The van der Waals surface area contributed by atoms with Gasteiger partial charge in [0, 0.05) is 12.6 Å². The average molecular weight is 239 g/mol. The van der Waals surface area contributed by atoms with Gasteiger partial charge in [-0.15, -0.1) is 0 Å². The topological polar surface area (TPSA) is 56.7 Å². The number of nitrogens with zero attached hydrogens (tertiary/aromatic N) is 1. The standard InChI is InChI=1S/C13H25N3O/c1-10-7-14-11(16-10)15-9-13(17)6-4-5-12(2,3)8-13/h10,17H,4-9H2,1-3H3,(H2,14,15,16). The molecule has 0 aromatic rings. The van der Waals surface area contributed by atoms with Gasteiger partial charge in [0.25, 0.3) is 0 Å². The van der Waals surface area contributed by atoms with Crippen LogP contribution in [0.15, 0.2) is 4.99 Å². The lowest BCUT2D eigenvalue weighted by Gasteiger charge is -2.41. The van der Waals surface area contributed by atoms with E-state index >= 15 is 0 Å². The first-order valence-electron chi connectivity index (χ1n) is 6.66. The second-order valence-electron chi connectivity index (χ2n) is 6.51. The highest BCUT2D eigenvalue weighted by molar-refractivity contribution is 5.81. The number of aliphatic hydroxyl groups is 1. The Morgan fingerprint density at radius 3 is 2.82 bits per heavy atom. The van der Waals surface area contributed by atoms with E-state index in [1.54, 1.807) is 0 Å². The molecule has 1 aliphatic heterocycles. The van der Waals surface area contributed by atoms with Gasteiger partial charge in [-0.05, 0) is 38.0 Å². The third-order valence-corrected chi connectivity index (χ3v) is 3.79. The van der Waals surface area contributed by atoms with Gasteiger partial charge < -0.3 is 15.7 Å². The second-order valence-corrected chi connectivity index (χ2v) is 6.51. The van der Waals surface area contributed by atoms with Gasteiger partial charge in [0.2, 0.25) is 0 Å². The van der Waals surface area contributed by atoms with Crippen molar-refractivity contribution in [2.45, 2.75) is 58.1 Å². The molecule has 0 aromatic carbocycles. The Balaban J connectivity index is 1.85. The van der Waals surface area contributed by atoms with Crippen LogP contribution < -0.4 is 10.6 Å². The van der Waals surface area contributed by atoms with Crippen LogP contribution in [0.3, 0.4) is 0 Å². The van der Waals surface area contributed by atoms with Gasteiger partial charge >= 0.3 is 0 Å². The molecule has 0 spiro atoms. The summed E-state index contributed by atoms with van der Waals surface area (Å²) in [4.78, 5) is 4.35. The first-order valence-corrected chi connectivity index (χ1v) is 6.66. The Morgan fingerprint density at radius 2 is 2.24 bits per heavy atom. The number of hydrogen-bond acceptors (Lipinski definition) is 4. The summed E-state index contributed by atoms with van der Waals surface area (Å²) in [5, 5.41) is 17.1. The minimum Gasteiger partial charge on any atom is -0.388 e. The van der Waals surface area contributed by atoms with Gasteiger partial charge in [-0.25, -0.2) is 0 Å². The second kappa shape index (κ2) is 4.48. The zero-order valence-electron chi connectivity index (χ0n) is 11.2. The SMILES string of the molecule is CC1CN=C(NCC2(O)CCCC(C)(C)C2)N1. The zero-order valence-corrected chi connectivity index (χ0v) is 11.2. The fraction of sp³-hybridized carbons (Fsp3) is 0.923. The molecule has 4 heteroatoms. The van der Waals surface area contributed by atoms with Crippen molar-refractivity contribution in [3.63, 3.8) is 0 Å². The third-order valence-electron chi connectivity index (χ3n) is 3.79. The lowest BCUT2D eigenvalue weighted by Crippen LogP contribution is -2.50. The van der Waals surface area contributed by atoms with E-state index in [0.717, 1.165) is 31.8 Å². The van der Waals surface area contributed by atoms with Crippen molar-refractivity contribution in [3.8, 4) is 0 Å². The maximum absolute atomic E-state index is 10.6. The monoisotopic (exact) mass is 239 g/mol. The summed E-state index contributed by atoms with van der Waals surface area (Å²) in [5.74, 6) is 0.842. The number of rotatable bonds is 2. The molecule has 0 amide bonds. The van der Waals surface area contributed by atoms with Crippen LogP contribution in [0.4, 0.5) is 0 Å². The van der Waals surface area contributed by atoms with Crippen LogP contribution in [0.2, 0.25) is 0 Å². The molecule has 17 heavy (non-hydrogen) atoms. The van der Waals surface area contributed by atoms with E-state index in [2.05, 4.69) is 36.4 Å². The van der Waals surface area contributed by atoms with Crippen molar-refractivity contribution in [2.24, 2.45) is 10.4 Å². The summed E-state index contributed by atoms with van der Waals surface area (Å²) in [7, 11) is 0. The number of guanidine groups is 1. The third kappa shape index (κ3) is 3.35. The summed E-state index contributed by atoms with van der Waals surface area (Å²) in [6.45, 7) is 8.02. The summed E-state index contributed by atoms with van der Waals surface area (Å²) < 4.78 is 0. The van der Waals surface area contributed by atoms with Crippen LogP contribution in [0.1, 0.15) is 46.5 Å². The Morgan fingerprint density at radius 1 is 1.47 bits per heavy atom. The van der Waals surface area contributed by atoms with Gasteiger partial charge in [-0.3, -0.25) is 4.99 Å². The number of nitrogens with one attached hydrogen (secondary N) is 2. The molecule has 1 aliphatic carbocycles. The predicted octanol–water partition coefficient (Wildman–Crippen LogP) is 1.25. The highest BCUT2D eigenvalue weighted by Crippen LogP contribution is 2.40. The molecule has 1 heterocycles. The average Bonchev–Trinajstić information content (AvgIpc) is 2.60. The van der Waals surface area contributed by atoms with Crippen molar-refractivity contribution in [1.29, 1.82) is 0 Å². The van der Waals surface area contributed by atoms with E-state index in [1.807, 2.05) is 0 Å². The molecule has 2 aliphatic rings. The summed E-state index contributed by atoms with van der Waals surface area (Å²) >= 11 is 0. The Hall–Kier alpha value is -0.770. The molecule has 0 radical (unpaired) electrons. The van der Waals surface area contributed by atoms with Crippen LogP contribution in [-0.4, -0.2) is 35.8 Å². The van der Waals surface area contributed by atoms with Gasteiger partial charge in [0.1, 0.15) is 0 Å². The van der Waals surface area contributed by atoms with Crippen molar-refractivity contribution in [3.05, 3.63) is 0 Å². The zero-order chi connectivity index (χ0) is 12.5. The first kappa shape index (κ1) is 12.7. The molecule has 2 rings (SSSR count). The van der Waals surface area contributed by atoms with Crippen molar-refractivity contribution in [1.82, 2.24) is 10.6 Å². The van der Waals surface area contributed by atoms with Gasteiger partial charge in [-0.1, -0.05) is 13.8 Å². The van der Waals surface area contributed by atoms with Gasteiger partial charge in [0.15, 0.2) is 5.96 Å². The maximum Gasteiger partial charge on any atom is 0.191 e. The van der Waals surface area contributed by atoms with E-state index in [-0.39, 0.29) is 5.41 Å². The number of hydrogen-bond donors (Lipinski definition) is 3. The molecule has 98 valence electrons. The molecule has 0 saturated heterocycles. The molecule has 4 nitrogen and oxygen atoms in total. The lowest BCUT2D eigenvalue weighted by molar-refractivity contribution is -0.0343. The van der Waals surface area contributed by atoms with Crippen LogP contribution in [0.5, 0.6) is 0 Å². The number of aliphatic imine (C=N–C) groups is 1. The van der Waals surface area contributed by atoms with E-state index < -0.39 is 5.60 Å².